The Balaban J connectivity index is 0.795. The van der Waals surface area contributed by atoms with Crippen molar-refractivity contribution in [2.45, 2.75) is 114 Å². The van der Waals surface area contributed by atoms with Gasteiger partial charge in [-0.3, -0.25) is 24.7 Å². The van der Waals surface area contributed by atoms with Crippen molar-refractivity contribution >= 4 is 44.0 Å². The largest absolute Gasteiger partial charge is 0.485 e. The zero-order valence-corrected chi connectivity index (χ0v) is 45.0. The number of anilines is 2. The highest BCUT2D eigenvalue weighted by molar-refractivity contribution is 7.90. The van der Waals surface area contributed by atoms with Gasteiger partial charge in [-0.15, -0.1) is 0 Å². The number of halogens is 1. The Labute approximate surface area is 448 Å². The van der Waals surface area contributed by atoms with Crippen LogP contribution in [0.15, 0.2) is 102 Å². The number of hydrogen-bond donors (Lipinski definition) is 4. The normalized spacial score (nSPS) is 22.4. The summed E-state index contributed by atoms with van der Waals surface area (Å²) in [6, 6.07) is 25.5. The topological polar surface area (TPSA) is 205 Å². The molecule has 1 unspecified atom stereocenters. The number of nitrogens with one attached hydrogen (secondary N) is 3. The minimum Gasteiger partial charge on any atom is -0.485 e. The molecule has 3 aliphatic heterocycles. The van der Waals surface area contributed by atoms with Crippen LogP contribution in [0.5, 0.6) is 23.0 Å². The molecule has 2 aliphatic carbocycles. The number of ether oxygens (including phenoxy) is 3. The summed E-state index contributed by atoms with van der Waals surface area (Å²) >= 11 is 0. The van der Waals surface area contributed by atoms with Crippen molar-refractivity contribution in [2.24, 2.45) is 11.3 Å². The van der Waals surface area contributed by atoms with E-state index in [1.807, 2.05) is 19.9 Å². The second kappa shape index (κ2) is 20.2. The molecule has 4 aromatic carbocycles. The van der Waals surface area contributed by atoms with Crippen LogP contribution in [0.25, 0.3) is 11.0 Å². The minimum absolute atomic E-state index is 0.0120. The van der Waals surface area contributed by atoms with Crippen LogP contribution in [0.3, 0.4) is 0 Å². The number of aliphatic hydroxyl groups is 1. The van der Waals surface area contributed by atoms with Crippen molar-refractivity contribution in [1.82, 2.24) is 24.5 Å². The summed E-state index contributed by atoms with van der Waals surface area (Å²) in [5, 5.41) is 25.9. The van der Waals surface area contributed by atoms with Crippen molar-refractivity contribution in [3.05, 3.63) is 136 Å². The monoisotopic (exact) mass is 1070 g/mol. The quantitative estimate of drug-likeness (QED) is 0.0558. The molecule has 17 nitrogen and oxygen atoms in total. The minimum atomic E-state index is -4.65. The fraction of sp³-hybridized carbons (Fsp3) is 0.448. The van der Waals surface area contributed by atoms with E-state index < -0.39 is 42.9 Å². The van der Waals surface area contributed by atoms with Crippen molar-refractivity contribution in [1.29, 1.82) is 0 Å². The SMILES string of the molecule is CC(C)c1ccccc1C1CN(Cc2cccc3c2OCC(C)(C)O3)CCN1C1CC2(C1)CN(c1ccc(C(=O)NS(=O)(=O)c3ccc(NCC4CCC(C)(O)CC4)c([N+](=O)[O-])c3)c(Oc3cnc4[nH]cc(F)c4c3)c1)C2. The van der Waals surface area contributed by atoms with Crippen molar-refractivity contribution < 1.29 is 41.8 Å². The molecule has 0 radical (unpaired) electrons. The summed E-state index contributed by atoms with van der Waals surface area (Å²) < 4.78 is 63.5. The molecule has 1 spiro atoms. The Morgan fingerprint density at radius 3 is 2.56 bits per heavy atom. The molecule has 19 heteroatoms. The summed E-state index contributed by atoms with van der Waals surface area (Å²) in [6.07, 6.45) is 7.32. The van der Waals surface area contributed by atoms with Gasteiger partial charge in [-0.25, -0.2) is 22.5 Å². The number of nitro benzene ring substituents is 1. The lowest BCUT2D eigenvalue weighted by Gasteiger charge is -2.63. The molecule has 1 atom stereocenters. The molecular formula is C58H67FN8O9S. The van der Waals surface area contributed by atoms with Crippen LogP contribution < -0.4 is 29.1 Å². The first-order valence-electron chi connectivity index (χ1n) is 26.7. The maximum Gasteiger partial charge on any atom is 0.293 e. The number of aromatic nitrogens is 2. The second-order valence-electron chi connectivity index (χ2n) is 23.3. The van der Waals surface area contributed by atoms with E-state index in [0.717, 1.165) is 93.8 Å². The Kier molecular flexibility index (Phi) is 13.7. The smallest absolute Gasteiger partial charge is 0.293 e. The number of amides is 1. The van der Waals surface area contributed by atoms with Crippen molar-refractivity contribution in [3.63, 3.8) is 0 Å². The van der Waals surface area contributed by atoms with Crippen LogP contribution in [0.2, 0.25) is 0 Å². The summed E-state index contributed by atoms with van der Waals surface area (Å²) in [5.74, 6) is 0.717. The first-order chi connectivity index (χ1) is 36.7. The third kappa shape index (κ3) is 10.8. The van der Waals surface area contributed by atoms with Gasteiger partial charge in [-0.05, 0) is 119 Å². The number of pyridine rings is 1. The fourth-order valence-corrected chi connectivity index (χ4v) is 13.2. The molecule has 6 aromatic rings. The first-order valence-corrected chi connectivity index (χ1v) is 28.2. The van der Waals surface area contributed by atoms with Gasteiger partial charge in [-0.1, -0.05) is 50.2 Å². The van der Waals surface area contributed by atoms with Gasteiger partial charge in [0.2, 0.25) is 0 Å². The molecule has 5 heterocycles. The molecular weight excluding hydrogens is 1000 g/mol. The lowest BCUT2D eigenvalue weighted by molar-refractivity contribution is -0.384. The molecule has 11 rings (SSSR count). The van der Waals surface area contributed by atoms with Crippen LogP contribution in [0, 0.1) is 27.3 Å². The number of nitrogens with zero attached hydrogens (tertiary/aromatic N) is 5. The molecule has 5 aliphatic rings. The maximum atomic E-state index is 14.8. The van der Waals surface area contributed by atoms with Crippen molar-refractivity contribution in [2.75, 3.05) is 56.1 Å². The maximum absolute atomic E-state index is 14.8. The van der Waals surface area contributed by atoms with Gasteiger partial charge >= 0.3 is 0 Å². The number of aromatic amines is 1. The summed E-state index contributed by atoms with van der Waals surface area (Å²) in [6.45, 7) is 16.3. The van der Waals surface area contributed by atoms with E-state index in [9.17, 15) is 32.8 Å². The third-order valence-corrected chi connectivity index (χ3v) is 17.8. The van der Waals surface area contributed by atoms with Crippen molar-refractivity contribution in [3.8, 4) is 23.0 Å². The number of hydrogen-bond acceptors (Lipinski definition) is 14. The molecule has 2 saturated carbocycles. The number of carbonyl (C=O) groups is 1. The lowest BCUT2D eigenvalue weighted by atomic mass is 9.59. The average molecular weight is 1070 g/mol. The number of piperazine rings is 1. The number of rotatable bonds is 15. The van der Waals surface area contributed by atoms with Crippen LogP contribution in [0.1, 0.15) is 112 Å². The van der Waals surface area contributed by atoms with E-state index >= 15 is 0 Å². The number of sulfonamides is 1. The molecule has 1 amide bonds. The van der Waals surface area contributed by atoms with E-state index in [-0.39, 0.29) is 51.1 Å². The molecule has 4 N–H and O–H groups in total. The van der Waals surface area contributed by atoms with E-state index in [1.54, 1.807) is 19.1 Å². The van der Waals surface area contributed by atoms with Gasteiger partial charge in [0.25, 0.3) is 21.6 Å². The van der Waals surface area contributed by atoms with Gasteiger partial charge in [0, 0.05) is 92.9 Å². The standard InChI is InChI=1S/C58H67FN8O9S/c1-36(2)43-10-6-7-11-44(43)50-32-64(31-38-9-8-12-51-53(38)74-35-56(3,4)76-51)21-22-66(50)40-26-58(27-40)33-65(34-58)39-13-15-45(52(23-39)75-41-24-46-47(59)30-62-54(46)61-29-41)55(68)63-77(72,73)42-14-16-48(49(25-42)67(70)71)60-28-37-17-19-57(5,69)20-18-37/h6-16,23-25,29-30,36-37,40,50,60,69H,17-22,26-28,31-35H2,1-5H3,(H,61,62)(H,63,68). The first kappa shape index (κ1) is 52.3. The van der Waals surface area contributed by atoms with E-state index in [1.165, 1.54) is 47.8 Å². The van der Waals surface area contributed by atoms with Crippen LogP contribution in [0.4, 0.5) is 21.5 Å². The Bertz CT molecular complexity index is 3340. The summed E-state index contributed by atoms with van der Waals surface area (Å²) in [5.41, 5.74) is 3.42. The molecule has 4 fully saturated rings. The predicted molar refractivity (Wildman–Crippen MR) is 291 cm³/mol. The molecule has 2 aromatic heterocycles. The predicted octanol–water partition coefficient (Wildman–Crippen LogP) is 10.1. The highest BCUT2D eigenvalue weighted by atomic mass is 32.2. The van der Waals surface area contributed by atoms with Gasteiger partial charge in [-0.2, -0.15) is 0 Å². The van der Waals surface area contributed by atoms with E-state index in [2.05, 4.69) is 85.0 Å². The number of H-pyrrole nitrogens is 1. The lowest BCUT2D eigenvalue weighted by Crippen LogP contribution is -2.68. The van der Waals surface area contributed by atoms with E-state index in [0.29, 0.717) is 43.6 Å². The second-order valence-corrected chi connectivity index (χ2v) is 24.9. The molecule has 77 heavy (non-hydrogen) atoms. The van der Waals surface area contributed by atoms with Gasteiger partial charge in [0.1, 0.15) is 40.9 Å². The highest BCUT2D eigenvalue weighted by Crippen LogP contribution is 2.54. The van der Waals surface area contributed by atoms with Gasteiger partial charge < -0.3 is 34.5 Å². The number of fused-ring (bicyclic) bond motifs is 2. The van der Waals surface area contributed by atoms with E-state index in [4.69, 9.17) is 14.2 Å². The zero-order valence-electron chi connectivity index (χ0n) is 44.2. The number of para-hydroxylation sites is 1. The zero-order chi connectivity index (χ0) is 54.0. The third-order valence-electron chi connectivity index (χ3n) is 16.5. The highest BCUT2D eigenvalue weighted by Gasteiger charge is 2.55. The summed E-state index contributed by atoms with van der Waals surface area (Å²) in [7, 11) is -4.65. The van der Waals surface area contributed by atoms with Crippen LogP contribution in [-0.2, 0) is 16.6 Å². The number of benzene rings is 4. The van der Waals surface area contributed by atoms with Gasteiger partial charge in [0.15, 0.2) is 11.5 Å². The van der Waals surface area contributed by atoms with Crippen LogP contribution in [-0.4, -0.2) is 107 Å². The summed E-state index contributed by atoms with van der Waals surface area (Å²) in [4.78, 5) is 39.8. The number of nitro groups is 1. The Hall–Kier alpha value is -6.80. The van der Waals surface area contributed by atoms with Gasteiger partial charge in [0.05, 0.1) is 32.6 Å². The number of carbonyl (C=O) groups excluding carboxylic acids is 1. The Morgan fingerprint density at radius 1 is 1.01 bits per heavy atom. The molecule has 2 saturated heterocycles. The van der Waals surface area contributed by atoms with Crippen LogP contribution >= 0.6 is 0 Å². The Morgan fingerprint density at radius 2 is 1.79 bits per heavy atom. The molecule has 406 valence electrons. The average Bonchev–Trinajstić information content (AvgIpc) is 3.83. The molecule has 0 bridgehead atoms. The fourth-order valence-electron chi connectivity index (χ4n) is 12.3.